The van der Waals surface area contributed by atoms with Crippen molar-refractivity contribution >= 4 is 17.6 Å². The van der Waals surface area contributed by atoms with Gasteiger partial charge in [-0.05, 0) is 11.6 Å². The van der Waals surface area contributed by atoms with E-state index < -0.39 is 5.97 Å². The van der Waals surface area contributed by atoms with Gasteiger partial charge in [0.25, 0.3) is 0 Å². The van der Waals surface area contributed by atoms with Crippen molar-refractivity contribution in [3.05, 3.63) is 34.9 Å². The standard InChI is InChI=1S/C8H7ClO2.Na.H/c9-7-4-2-1-3-6(7)5-8(10)11;;/h1-4H,5H2,(H,10,11);;/q;+1;-1. The molecule has 0 aliphatic carbocycles. The Balaban J connectivity index is 0. The summed E-state index contributed by atoms with van der Waals surface area (Å²) in [5.74, 6) is -0.863. The number of rotatable bonds is 2. The van der Waals surface area contributed by atoms with Gasteiger partial charge in [-0.2, -0.15) is 0 Å². The van der Waals surface area contributed by atoms with Crippen LogP contribution in [0, 0.1) is 0 Å². The van der Waals surface area contributed by atoms with Crippen molar-refractivity contribution in [3.63, 3.8) is 0 Å². The van der Waals surface area contributed by atoms with E-state index in [1.807, 2.05) is 0 Å². The number of benzene rings is 1. The van der Waals surface area contributed by atoms with Gasteiger partial charge < -0.3 is 6.53 Å². The van der Waals surface area contributed by atoms with Crippen LogP contribution in [0.2, 0.25) is 5.02 Å². The maximum Gasteiger partial charge on any atom is 1.00 e. The van der Waals surface area contributed by atoms with E-state index in [1.54, 1.807) is 24.3 Å². The van der Waals surface area contributed by atoms with Crippen LogP contribution in [0.5, 0.6) is 0 Å². The molecule has 1 aromatic carbocycles. The van der Waals surface area contributed by atoms with E-state index in [-0.39, 0.29) is 37.4 Å². The normalized spacial score (nSPS) is 8.75. The molecule has 0 saturated carbocycles. The first-order chi connectivity index (χ1) is 5.20. The van der Waals surface area contributed by atoms with Gasteiger partial charge in [-0.1, -0.05) is 29.8 Å². The van der Waals surface area contributed by atoms with Crippen LogP contribution in [0.15, 0.2) is 24.3 Å². The molecular weight excluding hydrogens is 187 g/mol. The Kier molecular flexibility index (Phi) is 5.59. The van der Waals surface area contributed by atoms with Gasteiger partial charge in [-0.15, -0.1) is 0 Å². The predicted octanol–water partition coefficient (Wildman–Crippen LogP) is -0.916. The van der Waals surface area contributed by atoms with Gasteiger partial charge in [-0.3, -0.25) is 4.79 Å². The Hall–Kier alpha value is -0.0200. The second kappa shape index (κ2) is 5.60. The van der Waals surface area contributed by atoms with Gasteiger partial charge in [0.15, 0.2) is 0 Å². The van der Waals surface area contributed by atoms with E-state index in [4.69, 9.17) is 16.7 Å². The Morgan fingerprint density at radius 1 is 1.50 bits per heavy atom. The first-order valence-corrected chi connectivity index (χ1v) is 3.53. The van der Waals surface area contributed by atoms with Crippen LogP contribution in [0.25, 0.3) is 0 Å². The zero-order chi connectivity index (χ0) is 8.27. The first kappa shape index (κ1) is 12.0. The van der Waals surface area contributed by atoms with Crippen molar-refractivity contribution in [1.29, 1.82) is 0 Å². The molecule has 1 N–H and O–H groups in total. The molecule has 0 fully saturated rings. The smallest absolute Gasteiger partial charge is 1.00 e. The second-order valence-corrected chi connectivity index (χ2v) is 2.57. The number of halogens is 1. The summed E-state index contributed by atoms with van der Waals surface area (Å²) in [7, 11) is 0. The molecule has 0 radical (unpaired) electrons. The third-order valence-electron chi connectivity index (χ3n) is 1.30. The molecule has 2 nitrogen and oxygen atoms in total. The van der Waals surface area contributed by atoms with E-state index in [0.717, 1.165) is 0 Å². The molecule has 12 heavy (non-hydrogen) atoms. The van der Waals surface area contributed by atoms with Crippen molar-refractivity contribution in [2.45, 2.75) is 6.42 Å². The number of carbonyl (C=O) groups is 1. The van der Waals surface area contributed by atoms with Crippen molar-refractivity contribution in [1.82, 2.24) is 0 Å². The van der Waals surface area contributed by atoms with Gasteiger partial charge in [0.05, 0.1) is 6.42 Å². The Bertz CT molecular complexity index is 281. The predicted molar refractivity (Wildman–Crippen MR) is 43.9 cm³/mol. The molecule has 0 aliphatic rings. The van der Waals surface area contributed by atoms with Crippen LogP contribution < -0.4 is 29.6 Å². The van der Waals surface area contributed by atoms with Gasteiger partial charge in [0, 0.05) is 5.02 Å². The van der Waals surface area contributed by atoms with Crippen LogP contribution in [0.3, 0.4) is 0 Å². The quantitative estimate of drug-likeness (QED) is 0.619. The summed E-state index contributed by atoms with van der Waals surface area (Å²) in [5.41, 5.74) is 0.654. The SMILES string of the molecule is O=C(O)Cc1ccccc1Cl.[H-].[Na+]. The summed E-state index contributed by atoms with van der Waals surface area (Å²) in [4.78, 5) is 10.3. The fourth-order valence-electron chi connectivity index (χ4n) is 0.805. The molecule has 1 rings (SSSR count). The molecule has 0 amide bonds. The molecule has 0 heterocycles. The van der Waals surface area contributed by atoms with E-state index in [0.29, 0.717) is 10.6 Å². The molecule has 0 spiro atoms. The van der Waals surface area contributed by atoms with Crippen molar-refractivity contribution in [2.75, 3.05) is 0 Å². The minimum atomic E-state index is -0.863. The van der Waals surface area contributed by atoms with Gasteiger partial charge >= 0.3 is 35.5 Å². The number of hydrogen-bond acceptors (Lipinski definition) is 1. The number of carboxylic acid groups (broad SMARTS) is 1. The number of carboxylic acids is 1. The third-order valence-corrected chi connectivity index (χ3v) is 1.67. The molecule has 0 atom stereocenters. The van der Waals surface area contributed by atoms with Crippen LogP contribution in [0.1, 0.15) is 6.99 Å². The summed E-state index contributed by atoms with van der Waals surface area (Å²) in [5, 5.41) is 8.94. The molecule has 0 saturated heterocycles. The number of hydrogen-bond donors (Lipinski definition) is 1. The minimum Gasteiger partial charge on any atom is -1.00 e. The summed E-state index contributed by atoms with van der Waals surface area (Å²) in [6.45, 7) is 0. The van der Waals surface area contributed by atoms with Gasteiger partial charge in [0.2, 0.25) is 0 Å². The topological polar surface area (TPSA) is 37.3 Å². The average Bonchev–Trinajstić information content (AvgIpc) is 1.93. The summed E-state index contributed by atoms with van der Waals surface area (Å²) in [6, 6.07) is 6.92. The Morgan fingerprint density at radius 2 is 2.08 bits per heavy atom. The van der Waals surface area contributed by atoms with Gasteiger partial charge in [-0.25, -0.2) is 0 Å². The summed E-state index contributed by atoms with van der Waals surface area (Å²) >= 11 is 5.70. The van der Waals surface area contributed by atoms with Crippen molar-refractivity contribution in [2.24, 2.45) is 0 Å². The van der Waals surface area contributed by atoms with E-state index in [2.05, 4.69) is 0 Å². The maximum atomic E-state index is 10.3. The van der Waals surface area contributed by atoms with E-state index in [1.165, 1.54) is 0 Å². The zero-order valence-electron chi connectivity index (χ0n) is 7.75. The fraction of sp³-hybridized carbons (Fsp3) is 0.125. The molecule has 4 heteroatoms. The zero-order valence-corrected chi connectivity index (χ0v) is 9.51. The molecule has 60 valence electrons. The van der Waals surface area contributed by atoms with Crippen LogP contribution in [-0.2, 0) is 11.2 Å². The molecule has 0 aromatic heterocycles. The molecule has 0 aliphatic heterocycles. The summed E-state index contributed by atoms with van der Waals surface area (Å²) < 4.78 is 0. The molecular formula is C8H8ClNaO2. The van der Waals surface area contributed by atoms with Crippen LogP contribution in [-0.4, -0.2) is 11.1 Å². The molecule has 1 aromatic rings. The van der Waals surface area contributed by atoms with Crippen LogP contribution in [0.4, 0.5) is 0 Å². The minimum absolute atomic E-state index is 0. The molecule has 0 unspecified atom stereocenters. The largest absolute Gasteiger partial charge is 1.00 e. The Morgan fingerprint density at radius 3 is 2.58 bits per heavy atom. The van der Waals surface area contributed by atoms with Crippen molar-refractivity contribution < 1.29 is 40.9 Å². The fourth-order valence-corrected chi connectivity index (χ4v) is 1.01. The van der Waals surface area contributed by atoms with Crippen molar-refractivity contribution in [3.8, 4) is 0 Å². The van der Waals surface area contributed by atoms with E-state index in [9.17, 15) is 4.79 Å². The van der Waals surface area contributed by atoms with E-state index >= 15 is 0 Å². The maximum absolute atomic E-state index is 10.3. The average molecular weight is 195 g/mol. The third kappa shape index (κ3) is 3.59. The van der Waals surface area contributed by atoms with Crippen LogP contribution >= 0.6 is 11.6 Å². The first-order valence-electron chi connectivity index (χ1n) is 3.15. The summed E-state index contributed by atoms with van der Waals surface area (Å²) in [6.07, 6.45) is -0.0142. The van der Waals surface area contributed by atoms with Gasteiger partial charge in [0.1, 0.15) is 0 Å². The second-order valence-electron chi connectivity index (χ2n) is 2.16. The number of aliphatic carboxylic acids is 1. The Labute approximate surface area is 99.3 Å². The monoisotopic (exact) mass is 194 g/mol. The molecule has 0 bridgehead atoms.